The fraction of sp³-hybridized carbons (Fsp3) is 0.133. The van der Waals surface area contributed by atoms with Crippen LogP contribution in [0.1, 0.15) is 0 Å². The molecule has 0 bridgehead atoms. The summed E-state index contributed by atoms with van der Waals surface area (Å²) in [5, 5.41) is 0. The SMILES string of the molecule is COc1ccc(-c2cn3cccc(Br)c3n2)cc1OC. The molecule has 2 heterocycles. The molecule has 0 amide bonds. The Morgan fingerprint density at radius 2 is 1.90 bits per heavy atom. The van der Waals surface area contributed by atoms with Crippen molar-refractivity contribution in [2.24, 2.45) is 0 Å². The van der Waals surface area contributed by atoms with Gasteiger partial charge in [-0.3, -0.25) is 0 Å². The summed E-state index contributed by atoms with van der Waals surface area (Å²) in [7, 11) is 3.25. The molecule has 0 spiro atoms. The Morgan fingerprint density at radius 3 is 2.60 bits per heavy atom. The highest BCUT2D eigenvalue weighted by molar-refractivity contribution is 9.10. The molecule has 5 heteroatoms. The van der Waals surface area contributed by atoms with Crippen LogP contribution in [-0.4, -0.2) is 23.6 Å². The van der Waals surface area contributed by atoms with E-state index in [0.717, 1.165) is 21.4 Å². The van der Waals surface area contributed by atoms with Gasteiger partial charge in [-0.05, 0) is 46.3 Å². The van der Waals surface area contributed by atoms with Gasteiger partial charge in [0, 0.05) is 18.0 Å². The van der Waals surface area contributed by atoms with E-state index in [0.29, 0.717) is 11.5 Å². The van der Waals surface area contributed by atoms with Crippen LogP contribution in [0.25, 0.3) is 16.9 Å². The Morgan fingerprint density at radius 1 is 1.10 bits per heavy atom. The van der Waals surface area contributed by atoms with Crippen LogP contribution in [0.4, 0.5) is 0 Å². The van der Waals surface area contributed by atoms with Crippen LogP contribution in [0.2, 0.25) is 0 Å². The number of halogens is 1. The highest BCUT2D eigenvalue weighted by atomic mass is 79.9. The molecule has 0 unspecified atom stereocenters. The van der Waals surface area contributed by atoms with Crippen LogP contribution in [-0.2, 0) is 0 Å². The summed E-state index contributed by atoms with van der Waals surface area (Å²) in [5.74, 6) is 1.40. The summed E-state index contributed by atoms with van der Waals surface area (Å²) in [5.41, 5.74) is 2.76. The van der Waals surface area contributed by atoms with E-state index >= 15 is 0 Å². The van der Waals surface area contributed by atoms with Crippen LogP contribution in [0, 0.1) is 0 Å². The summed E-state index contributed by atoms with van der Waals surface area (Å²) in [6.07, 6.45) is 3.96. The first-order valence-corrected chi connectivity index (χ1v) is 6.88. The van der Waals surface area contributed by atoms with E-state index in [-0.39, 0.29) is 0 Å². The van der Waals surface area contributed by atoms with Gasteiger partial charge in [-0.15, -0.1) is 0 Å². The predicted octanol–water partition coefficient (Wildman–Crippen LogP) is 3.78. The Hall–Kier alpha value is -2.01. The van der Waals surface area contributed by atoms with Gasteiger partial charge in [-0.2, -0.15) is 0 Å². The summed E-state index contributed by atoms with van der Waals surface area (Å²) in [4.78, 5) is 4.63. The molecule has 102 valence electrons. The monoisotopic (exact) mass is 332 g/mol. The fourth-order valence-corrected chi connectivity index (χ4v) is 2.56. The highest BCUT2D eigenvalue weighted by Crippen LogP contribution is 2.32. The number of pyridine rings is 1. The molecule has 4 nitrogen and oxygen atoms in total. The number of fused-ring (bicyclic) bond motifs is 1. The molecule has 20 heavy (non-hydrogen) atoms. The van der Waals surface area contributed by atoms with E-state index in [1.807, 2.05) is 47.1 Å². The predicted molar refractivity (Wildman–Crippen MR) is 81.4 cm³/mol. The number of hydrogen-bond acceptors (Lipinski definition) is 3. The van der Waals surface area contributed by atoms with Crippen LogP contribution in [0.15, 0.2) is 47.2 Å². The largest absolute Gasteiger partial charge is 0.493 e. The third-order valence-electron chi connectivity index (χ3n) is 3.11. The van der Waals surface area contributed by atoms with Crippen molar-refractivity contribution >= 4 is 21.6 Å². The van der Waals surface area contributed by atoms with Crippen molar-refractivity contribution in [2.45, 2.75) is 0 Å². The molecule has 3 aromatic rings. The highest BCUT2D eigenvalue weighted by Gasteiger charge is 2.10. The minimum absolute atomic E-state index is 0.695. The van der Waals surface area contributed by atoms with Crippen molar-refractivity contribution in [1.82, 2.24) is 9.38 Å². The molecule has 0 atom stereocenters. The van der Waals surface area contributed by atoms with Crippen molar-refractivity contribution < 1.29 is 9.47 Å². The zero-order chi connectivity index (χ0) is 14.1. The Bertz CT molecular complexity index is 768. The van der Waals surface area contributed by atoms with Crippen molar-refractivity contribution in [3.8, 4) is 22.8 Å². The minimum Gasteiger partial charge on any atom is -0.493 e. The van der Waals surface area contributed by atoms with Crippen LogP contribution < -0.4 is 9.47 Å². The van der Waals surface area contributed by atoms with Gasteiger partial charge >= 0.3 is 0 Å². The number of benzene rings is 1. The minimum atomic E-state index is 0.695. The summed E-state index contributed by atoms with van der Waals surface area (Å²) in [6, 6.07) is 9.72. The van der Waals surface area contributed by atoms with Gasteiger partial charge in [0.1, 0.15) is 0 Å². The summed E-state index contributed by atoms with van der Waals surface area (Å²) < 4.78 is 13.5. The first-order valence-electron chi connectivity index (χ1n) is 6.08. The van der Waals surface area contributed by atoms with Crippen molar-refractivity contribution in [2.75, 3.05) is 14.2 Å². The maximum atomic E-state index is 5.33. The lowest BCUT2D eigenvalue weighted by atomic mass is 10.1. The number of ether oxygens (including phenoxy) is 2. The number of hydrogen-bond donors (Lipinski definition) is 0. The summed E-state index contributed by atoms with van der Waals surface area (Å²) in [6.45, 7) is 0. The molecule has 0 radical (unpaired) electrons. The Labute approximate surface area is 125 Å². The van der Waals surface area contributed by atoms with Gasteiger partial charge in [0.05, 0.1) is 24.4 Å². The number of rotatable bonds is 3. The number of aromatic nitrogens is 2. The third-order valence-corrected chi connectivity index (χ3v) is 3.73. The second kappa shape index (κ2) is 5.17. The van der Waals surface area contributed by atoms with E-state index < -0.39 is 0 Å². The molecular formula is C15H13BrN2O2. The van der Waals surface area contributed by atoms with Gasteiger partial charge in [0.15, 0.2) is 17.1 Å². The molecule has 0 aliphatic rings. The quantitative estimate of drug-likeness (QED) is 0.732. The van der Waals surface area contributed by atoms with Crippen molar-refractivity contribution in [3.63, 3.8) is 0 Å². The normalized spacial score (nSPS) is 10.8. The molecule has 0 saturated heterocycles. The molecule has 1 aromatic carbocycles. The van der Waals surface area contributed by atoms with Crippen molar-refractivity contribution in [1.29, 1.82) is 0 Å². The zero-order valence-corrected chi connectivity index (χ0v) is 12.7. The maximum absolute atomic E-state index is 5.33. The number of nitrogens with zero attached hydrogens (tertiary/aromatic N) is 2. The molecule has 0 aliphatic heterocycles. The van der Waals surface area contributed by atoms with E-state index in [1.165, 1.54) is 0 Å². The van der Waals surface area contributed by atoms with Gasteiger partial charge < -0.3 is 13.9 Å². The fourth-order valence-electron chi connectivity index (χ4n) is 2.11. The standard InChI is InChI=1S/C15H13BrN2O2/c1-19-13-6-5-10(8-14(13)20-2)12-9-18-7-3-4-11(16)15(18)17-12/h3-9H,1-2H3. The van der Waals surface area contributed by atoms with Crippen LogP contribution in [0.5, 0.6) is 11.5 Å². The lowest BCUT2D eigenvalue weighted by Gasteiger charge is -2.08. The van der Waals surface area contributed by atoms with Gasteiger partial charge in [-0.1, -0.05) is 0 Å². The molecule has 0 fully saturated rings. The topological polar surface area (TPSA) is 35.8 Å². The van der Waals surface area contributed by atoms with Gasteiger partial charge in [0.25, 0.3) is 0 Å². The first kappa shape index (κ1) is 13.0. The first-order chi connectivity index (χ1) is 9.72. The molecule has 0 N–H and O–H groups in total. The number of imidazole rings is 1. The second-order valence-electron chi connectivity index (χ2n) is 4.28. The zero-order valence-electron chi connectivity index (χ0n) is 11.1. The molecule has 0 aliphatic carbocycles. The molecular weight excluding hydrogens is 320 g/mol. The average Bonchev–Trinajstić information content (AvgIpc) is 2.92. The van der Waals surface area contributed by atoms with Crippen molar-refractivity contribution in [3.05, 3.63) is 47.2 Å². The van der Waals surface area contributed by atoms with E-state index in [4.69, 9.17) is 9.47 Å². The molecule has 0 saturated carbocycles. The lowest BCUT2D eigenvalue weighted by molar-refractivity contribution is 0.355. The third kappa shape index (κ3) is 2.14. The van der Waals surface area contributed by atoms with Crippen LogP contribution >= 0.6 is 15.9 Å². The smallest absolute Gasteiger partial charge is 0.161 e. The Kier molecular flexibility index (Phi) is 3.36. The van der Waals surface area contributed by atoms with E-state index in [9.17, 15) is 0 Å². The maximum Gasteiger partial charge on any atom is 0.161 e. The lowest BCUT2D eigenvalue weighted by Crippen LogP contribution is -1.90. The molecule has 2 aromatic heterocycles. The molecule has 3 rings (SSSR count). The van der Waals surface area contributed by atoms with Crippen LogP contribution in [0.3, 0.4) is 0 Å². The average molecular weight is 333 g/mol. The van der Waals surface area contributed by atoms with E-state index in [1.54, 1.807) is 14.2 Å². The Balaban J connectivity index is 2.13. The van der Waals surface area contributed by atoms with E-state index in [2.05, 4.69) is 20.9 Å². The summed E-state index contributed by atoms with van der Waals surface area (Å²) >= 11 is 3.51. The number of methoxy groups -OCH3 is 2. The second-order valence-corrected chi connectivity index (χ2v) is 5.14. The van der Waals surface area contributed by atoms with Gasteiger partial charge in [0.2, 0.25) is 0 Å². The van der Waals surface area contributed by atoms with Gasteiger partial charge in [-0.25, -0.2) is 4.98 Å².